The first-order valence-electron chi connectivity index (χ1n) is 4.27. The monoisotopic (exact) mass is 168 g/mol. The summed E-state index contributed by atoms with van der Waals surface area (Å²) in [5, 5.41) is 0. The van der Waals surface area contributed by atoms with Gasteiger partial charge in [-0.3, -0.25) is 4.79 Å². The molecule has 0 aromatic carbocycles. The second kappa shape index (κ2) is 9.95. The van der Waals surface area contributed by atoms with E-state index in [1.54, 1.807) is 0 Å². The lowest BCUT2D eigenvalue weighted by molar-refractivity contribution is -0.127. The van der Waals surface area contributed by atoms with Crippen molar-refractivity contribution in [1.82, 2.24) is 0 Å². The van der Waals surface area contributed by atoms with Crippen molar-refractivity contribution >= 4 is 6.47 Å². The average molecular weight is 168 g/mol. The number of carbonyl (C=O) groups is 1. The lowest BCUT2D eigenvalue weighted by Crippen LogP contribution is -1.84. The number of hydrogen-bond donors (Lipinski definition) is 0. The molecule has 0 saturated carbocycles. The molecule has 0 saturated heterocycles. The van der Waals surface area contributed by atoms with Crippen molar-refractivity contribution < 1.29 is 9.53 Å². The summed E-state index contributed by atoms with van der Waals surface area (Å²) in [5.41, 5.74) is 0. The van der Waals surface area contributed by atoms with Gasteiger partial charge in [-0.05, 0) is 19.3 Å². The molecule has 0 heterocycles. The second-order valence-corrected chi connectivity index (χ2v) is 2.36. The molecule has 0 fully saturated rings. The molecule has 0 aliphatic rings. The van der Waals surface area contributed by atoms with Crippen LogP contribution >= 0.6 is 0 Å². The van der Waals surface area contributed by atoms with Crippen LogP contribution in [0.25, 0.3) is 0 Å². The van der Waals surface area contributed by atoms with E-state index in [-0.39, 0.29) is 0 Å². The Morgan fingerprint density at radius 2 is 1.75 bits per heavy atom. The van der Waals surface area contributed by atoms with Gasteiger partial charge in [0.2, 0.25) is 0 Å². The highest BCUT2D eigenvalue weighted by molar-refractivity contribution is 5.37. The SMILES string of the molecule is CC/C=C/CC/C=C/COC=O. The van der Waals surface area contributed by atoms with Gasteiger partial charge in [-0.15, -0.1) is 0 Å². The standard InChI is InChI=1S/C10H16O2/c1-2-3-4-5-6-7-8-9-12-10-11/h3-4,7-8,10H,2,5-6,9H2,1H3/b4-3+,8-7+. The molecule has 0 atom stereocenters. The molecule has 0 N–H and O–H groups in total. The van der Waals surface area contributed by atoms with Gasteiger partial charge in [0.15, 0.2) is 0 Å². The number of allylic oxidation sites excluding steroid dienone is 3. The second-order valence-electron chi connectivity index (χ2n) is 2.36. The van der Waals surface area contributed by atoms with Crippen molar-refractivity contribution in [3.05, 3.63) is 24.3 Å². The molecule has 0 rings (SSSR count). The van der Waals surface area contributed by atoms with Gasteiger partial charge in [0.05, 0.1) is 0 Å². The zero-order valence-electron chi connectivity index (χ0n) is 7.53. The molecular weight excluding hydrogens is 152 g/mol. The van der Waals surface area contributed by atoms with Crippen molar-refractivity contribution in [2.75, 3.05) is 6.61 Å². The Kier molecular flexibility index (Phi) is 9.08. The molecule has 0 spiro atoms. The van der Waals surface area contributed by atoms with Crippen LogP contribution in [-0.4, -0.2) is 13.1 Å². The Morgan fingerprint density at radius 1 is 1.08 bits per heavy atom. The Morgan fingerprint density at radius 3 is 2.33 bits per heavy atom. The minimum Gasteiger partial charge on any atom is -0.464 e. The summed E-state index contributed by atoms with van der Waals surface area (Å²) in [7, 11) is 0. The number of hydrogen-bond acceptors (Lipinski definition) is 2. The zero-order valence-corrected chi connectivity index (χ0v) is 7.53. The molecule has 68 valence electrons. The number of ether oxygens (including phenoxy) is 1. The predicted molar refractivity (Wildman–Crippen MR) is 49.8 cm³/mol. The van der Waals surface area contributed by atoms with Gasteiger partial charge in [0, 0.05) is 0 Å². The van der Waals surface area contributed by atoms with E-state index < -0.39 is 0 Å². The summed E-state index contributed by atoms with van der Waals surface area (Å²) < 4.78 is 4.48. The van der Waals surface area contributed by atoms with E-state index in [0.717, 1.165) is 19.3 Å². The molecule has 0 bridgehead atoms. The Labute approximate surface area is 73.9 Å². The minimum absolute atomic E-state index is 0.390. The van der Waals surface area contributed by atoms with Crippen LogP contribution in [0.15, 0.2) is 24.3 Å². The maximum atomic E-state index is 9.71. The van der Waals surface area contributed by atoms with Crippen LogP contribution in [0.3, 0.4) is 0 Å². The summed E-state index contributed by atoms with van der Waals surface area (Å²) in [4.78, 5) is 9.71. The van der Waals surface area contributed by atoms with E-state index in [2.05, 4.69) is 23.8 Å². The summed E-state index contributed by atoms with van der Waals surface area (Å²) in [6.45, 7) is 2.96. The molecule has 0 amide bonds. The van der Waals surface area contributed by atoms with E-state index >= 15 is 0 Å². The highest BCUT2D eigenvalue weighted by atomic mass is 16.5. The molecule has 0 aliphatic heterocycles. The normalized spacial score (nSPS) is 11.1. The fourth-order valence-corrected chi connectivity index (χ4v) is 0.758. The molecule has 12 heavy (non-hydrogen) atoms. The number of unbranched alkanes of at least 4 members (excludes halogenated alkanes) is 1. The summed E-state index contributed by atoms with van der Waals surface area (Å²) in [6.07, 6.45) is 11.3. The molecule has 0 unspecified atom stereocenters. The molecule has 2 heteroatoms. The van der Waals surface area contributed by atoms with Crippen molar-refractivity contribution in [3.8, 4) is 0 Å². The maximum Gasteiger partial charge on any atom is 0.293 e. The Bertz CT molecular complexity index is 148. The van der Waals surface area contributed by atoms with Gasteiger partial charge in [-0.25, -0.2) is 0 Å². The summed E-state index contributed by atoms with van der Waals surface area (Å²) in [6, 6.07) is 0. The van der Waals surface area contributed by atoms with E-state index in [4.69, 9.17) is 0 Å². The molecule has 0 aromatic rings. The minimum atomic E-state index is 0.390. The lowest BCUT2D eigenvalue weighted by Gasteiger charge is -1.88. The first-order chi connectivity index (χ1) is 5.91. The maximum absolute atomic E-state index is 9.71. The number of carbonyl (C=O) groups excluding carboxylic acids is 1. The molecule has 2 nitrogen and oxygen atoms in total. The van der Waals surface area contributed by atoms with Crippen molar-refractivity contribution in [1.29, 1.82) is 0 Å². The van der Waals surface area contributed by atoms with Gasteiger partial charge in [-0.2, -0.15) is 0 Å². The third kappa shape index (κ3) is 8.95. The van der Waals surface area contributed by atoms with Crippen LogP contribution in [0.2, 0.25) is 0 Å². The fraction of sp³-hybridized carbons (Fsp3) is 0.500. The van der Waals surface area contributed by atoms with Crippen LogP contribution in [0.1, 0.15) is 26.2 Å². The highest BCUT2D eigenvalue weighted by Crippen LogP contribution is 1.93. The van der Waals surface area contributed by atoms with E-state index in [1.807, 2.05) is 12.2 Å². The average Bonchev–Trinajstić information content (AvgIpc) is 2.10. The van der Waals surface area contributed by atoms with E-state index in [0.29, 0.717) is 13.1 Å². The molecule has 0 aliphatic carbocycles. The van der Waals surface area contributed by atoms with Crippen LogP contribution < -0.4 is 0 Å². The fourth-order valence-electron chi connectivity index (χ4n) is 0.758. The van der Waals surface area contributed by atoms with Crippen molar-refractivity contribution in [2.45, 2.75) is 26.2 Å². The van der Waals surface area contributed by atoms with Gasteiger partial charge in [-0.1, -0.05) is 31.2 Å². The van der Waals surface area contributed by atoms with Crippen LogP contribution in [0.4, 0.5) is 0 Å². The zero-order chi connectivity index (χ0) is 9.07. The highest BCUT2D eigenvalue weighted by Gasteiger charge is 1.77. The largest absolute Gasteiger partial charge is 0.464 e. The third-order valence-corrected chi connectivity index (χ3v) is 1.33. The lowest BCUT2D eigenvalue weighted by atomic mass is 10.2. The number of rotatable bonds is 7. The Balaban J connectivity index is 3.12. The molecular formula is C10H16O2. The van der Waals surface area contributed by atoms with Crippen LogP contribution in [0.5, 0.6) is 0 Å². The van der Waals surface area contributed by atoms with E-state index in [1.165, 1.54) is 0 Å². The quantitative estimate of drug-likeness (QED) is 0.331. The first-order valence-corrected chi connectivity index (χ1v) is 4.27. The van der Waals surface area contributed by atoms with E-state index in [9.17, 15) is 4.79 Å². The Hall–Kier alpha value is -1.05. The first kappa shape index (κ1) is 11.0. The van der Waals surface area contributed by atoms with Crippen LogP contribution in [-0.2, 0) is 9.53 Å². The van der Waals surface area contributed by atoms with Gasteiger partial charge in [0.1, 0.15) is 6.61 Å². The van der Waals surface area contributed by atoms with Gasteiger partial charge >= 0.3 is 0 Å². The van der Waals surface area contributed by atoms with Crippen molar-refractivity contribution in [2.24, 2.45) is 0 Å². The van der Waals surface area contributed by atoms with Gasteiger partial charge < -0.3 is 4.74 Å². The molecule has 0 radical (unpaired) electrons. The van der Waals surface area contributed by atoms with Gasteiger partial charge in [0.25, 0.3) is 6.47 Å². The third-order valence-electron chi connectivity index (χ3n) is 1.33. The molecule has 0 aromatic heterocycles. The smallest absolute Gasteiger partial charge is 0.293 e. The summed E-state index contributed by atoms with van der Waals surface area (Å²) in [5.74, 6) is 0. The predicted octanol–water partition coefficient (Wildman–Crippen LogP) is 2.46. The van der Waals surface area contributed by atoms with Crippen LogP contribution in [0, 0.1) is 0 Å². The summed E-state index contributed by atoms with van der Waals surface area (Å²) >= 11 is 0. The van der Waals surface area contributed by atoms with Crippen molar-refractivity contribution in [3.63, 3.8) is 0 Å². The topological polar surface area (TPSA) is 26.3 Å².